The van der Waals surface area contributed by atoms with E-state index in [4.69, 9.17) is 10.5 Å². The molecule has 1 aliphatic rings. The number of nitrogens with one attached hydrogen (secondary N) is 1. The lowest BCUT2D eigenvalue weighted by Gasteiger charge is -2.11. The van der Waals surface area contributed by atoms with Crippen LogP contribution >= 0.6 is 0 Å². The number of halogens is 2. The fourth-order valence-electron chi connectivity index (χ4n) is 1.84. The van der Waals surface area contributed by atoms with Crippen molar-refractivity contribution in [1.29, 1.82) is 0 Å². The molecule has 110 valence electrons. The van der Waals surface area contributed by atoms with E-state index in [1.54, 1.807) is 0 Å². The topological polar surface area (TPSA) is 91.5 Å². The zero-order chi connectivity index (χ0) is 15.0. The molecule has 1 aliphatic heterocycles. The van der Waals surface area contributed by atoms with Gasteiger partial charge in [-0.25, -0.2) is 9.97 Å². The molecule has 9 heteroatoms. The quantitative estimate of drug-likeness (QED) is 0.896. The van der Waals surface area contributed by atoms with Crippen LogP contribution in [0.15, 0.2) is 24.5 Å². The van der Waals surface area contributed by atoms with Crippen molar-refractivity contribution in [2.45, 2.75) is 6.29 Å². The molecule has 2 aromatic rings. The van der Waals surface area contributed by atoms with E-state index in [0.717, 1.165) is 0 Å². The predicted octanol–water partition coefficient (Wildman–Crippen LogP) is 2.13. The number of hydrogen-bond donors (Lipinski definition) is 2. The summed E-state index contributed by atoms with van der Waals surface area (Å²) in [4.78, 5) is 7.77. The van der Waals surface area contributed by atoms with Gasteiger partial charge in [0.2, 0.25) is 5.75 Å². The van der Waals surface area contributed by atoms with Crippen molar-refractivity contribution < 1.29 is 23.0 Å². The minimum atomic E-state index is -3.65. The summed E-state index contributed by atoms with van der Waals surface area (Å²) in [5.74, 6) is 0.587. The van der Waals surface area contributed by atoms with Gasteiger partial charge >= 0.3 is 6.29 Å². The number of rotatable bonds is 3. The zero-order valence-corrected chi connectivity index (χ0v) is 10.8. The van der Waals surface area contributed by atoms with E-state index in [-0.39, 0.29) is 23.1 Å². The van der Waals surface area contributed by atoms with E-state index in [9.17, 15) is 8.78 Å². The molecule has 0 aliphatic carbocycles. The molecule has 21 heavy (non-hydrogen) atoms. The fourth-order valence-corrected chi connectivity index (χ4v) is 1.84. The maximum Gasteiger partial charge on any atom is 0.586 e. The van der Waals surface area contributed by atoms with Gasteiger partial charge in [0.25, 0.3) is 0 Å². The van der Waals surface area contributed by atoms with Crippen molar-refractivity contribution in [3.8, 4) is 17.2 Å². The Hall–Kier alpha value is -2.84. The molecule has 1 aromatic heterocycles. The number of ether oxygens (including phenoxy) is 3. The number of nitrogens with zero attached hydrogens (tertiary/aromatic N) is 2. The lowest BCUT2D eigenvalue weighted by Crippen LogP contribution is -2.25. The van der Waals surface area contributed by atoms with E-state index < -0.39 is 6.29 Å². The maximum absolute atomic E-state index is 12.9. The van der Waals surface area contributed by atoms with Gasteiger partial charge in [-0.15, -0.1) is 8.78 Å². The van der Waals surface area contributed by atoms with E-state index >= 15 is 0 Å². The van der Waals surface area contributed by atoms with Crippen LogP contribution in [0.5, 0.6) is 17.2 Å². The highest BCUT2D eigenvalue weighted by atomic mass is 19.3. The number of fused-ring (bicyclic) bond motifs is 1. The highest BCUT2D eigenvalue weighted by Crippen LogP contribution is 2.43. The summed E-state index contributed by atoms with van der Waals surface area (Å²) >= 11 is 0. The molecule has 0 fully saturated rings. The number of benzene rings is 1. The molecule has 3 N–H and O–H groups in total. The van der Waals surface area contributed by atoms with Crippen LogP contribution in [0.1, 0.15) is 0 Å². The fraction of sp³-hybridized carbons (Fsp3) is 0.167. The lowest BCUT2D eigenvalue weighted by molar-refractivity contribution is -0.286. The summed E-state index contributed by atoms with van der Waals surface area (Å²) < 4.78 is 39.7. The smallest absolute Gasteiger partial charge is 0.490 e. The first kappa shape index (κ1) is 13.2. The van der Waals surface area contributed by atoms with Gasteiger partial charge in [-0.05, 0) is 12.1 Å². The first-order valence-electron chi connectivity index (χ1n) is 5.80. The molecule has 7 nitrogen and oxygen atoms in total. The van der Waals surface area contributed by atoms with Crippen LogP contribution in [0.25, 0.3) is 0 Å². The lowest BCUT2D eigenvalue weighted by atomic mass is 10.2. The highest BCUT2D eigenvalue weighted by Gasteiger charge is 2.43. The Morgan fingerprint density at radius 2 is 2.00 bits per heavy atom. The molecule has 0 amide bonds. The van der Waals surface area contributed by atoms with Crippen LogP contribution in [-0.4, -0.2) is 23.4 Å². The molecule has 0 radical (unpaired) electrons. The Morgan fingerprint density at radius 1 is 1.24 bits per heavy atom. The molecule has 3 rings (SSSR count). The normalized spacial score (nSPS) is 14.8. The molecule has 0 spiro atoms. The average Bonchev–Trinajstić information content (AvgIpc) is 2.72. The standard InChI is InChI=1S/C12H10F2N4O3/c1-19-9-10(15)16-5-17-11(9)18-6-2-3-7-8(4-6)21-12(13,14)20-7/h2-5H,1H3,(H3,15,16,17,18). The van der Waals surface area contributed by atoms with Gasteiger partial charge in [-0.1, -0.05) is 0 Å². The van der Waals surface area contributed by atoms with E-state index in [1.165, 1.54) is 31.6 Å². The van der Waals surface area contributed by atoms with Crippen molar-refractivity contribution in [3.05, 3.63) is 24.5 Å². The largest absolute Gasteiger partial charge is 0.586 e. The van der Waals surface area contributed by atoms with Crippen molar-refractivity contribution in [2.75, 3.05) is 18.2 Å². The third-order valence-corrected chi connectivity index (χ3v) is 2.70. The van der Waals surface area contributed by atoms with Crippen LogP contribution in [0.4, 0.5) is 26.1 Å². The highest BCUT2D eigenvalue weighted by molar-refractivity contribution is 5.69. The second kappa shape index (κ2) is 4.62. The summed E-state index contributed by atoms with van der Waals surface area (Å²) in [5, 5.41) is 2.88. The van der Waals surface area contributed by atoms with Gasteiger partial charge in [0.1, 0.15) is 6.33 Å². The van der Waals surface area contributed by atoms with Crippen molar-refractivity contribution in [2.24, 2.45) is 0 Å². The number of nitrogen functional groups attached to an aromatic ring is 1. The Bertz CT molecular complexity index is 696. The van der Waals surface area contributed by atoms with Gasteiger partial charge in [0.15, 0.2) is 23.1 Å². The van der Waals surface area contributed by atoms with Gasteiger partial charge < -0.3 is 25.3 Å². The number of alkyl halides is 2. The van der Waals surface area contributed by atoms with Gasteiger partial charge in [-0.2, -0.15) is 0 Å². The minimum Gasteiger partial charge on any atom is -0.490 e. The third kappa shape index (κ3) is 2.45. The van der Waals surface area contributed by atoms with E-state index in [2.05, 4.69) is 24.8 Å². The first-order valence-corrected chi connectivity index (χ1v) is 5.80. The summed E-state index contributed by atoms with van der Waals surface area (Å²) in [6.07, 6.45) is -2.40. The molecule has 0 saturated carbocycles. The average molecular weight is 296 g/mol. The van der Waals surface area contributed by atoms with E-state index in [0.29, 0.717) is 11.5 Å². The minimum absolute atomic E-state index is 0.0419. The molecular weight excluding hydrogens is 286 g/mol. The Balaban J connectivity index is 1.89. The number of aromatic nitrogens is 2. The number of anilines is 3. The summed E-state index contributed by atoms with van der Waals surface area (Å²) in [5.41, 5.74) is 6.10. The SMILES string of the molecule is COc1c(N)ncnc1Nc1ccc2c(c1)OC(F)(F)O2. The van der Waals surface area contributed by atoms with Crippen LogP contribution in [0.2, 0.25) is 0 Å². The molecule has 0 atom stereocenters. The molecular formula is C12H10F2N4O3. The Morgan fingerprint density at radius 3 is 2.76 bits per heavy atom. The molecule has 2 heterocycles. The van der Waals surface area contributed by atoms with Crippen LogP contribution in [0, 0.1) is 0 Å². The van der Waals surface area contributed by atoms with Gasteiger partial charge in [-0.3, -0.25) is 0 Å². The van der Waals surface area contributed by atoms with Crippen LogP contribution in [0.3, 0.4) is 0 Å². The second-order valence-corrected chi connectivity index (χ2v) is 4.09. The molecule has 0 bridgehead atoms. The molecule has 1 aromatic carbocycles. The Labute approximate surface area is 117 Å². The van der Waals surface area contributed by atoms with Crippen molar-refractivity contribution in [3.63, 3.8) is 0 Å². The number of hydrogen-bond acceptors (Lipinski definition) is 7. The first-order chi connectivity index (χ1) is 9.98. The van der Waals surface area contributed by atoms with Gasteiger partial charge in [0, 0.05) is 11.8 Å². The predicted molar refractivity (Wildman–Crippen MR) is 68.9 cm³/mol. The Kier molecular flexibility index (Phi) is 2.89. The maximum atomic E-state index is 12.9. The van der Waals surface area contributed by atoms with E-state index in [1.807, 2.05) is 0 Å². The molecule has 0 unspecified atom stereocenters. The zero-order valence-electron chi connectivity index (χ0n) is 10.8. The second-order valence-electron chi connectivity index (χ2n) is 4.09. The van der Waals surface area contributed by atoms with Crippen LogP contribution < -0.4 is 25.3 Å². The number of methoxy groups -OCH3 is 1. The number of nitrogens with two attached hydrogens (primary N) is 1. The summed E-state index contributed by atoms with van der Waals surface area (Å²) in [6.45, 7) is 0. The molecule has 0 saturated heterocycles. The van der Waals surface area contributed by atoms with Gasteiger partial charge in [0.05, 0.1) is 7.11 Å². The van der Waals surface area contributed by atoms with Crippen molar-refractivity contribution in [1.82, 2.24) is 9.97 Å². The monoisotopic (exact) mass is 296 g/mol. The van der Waals surface area contributed by atoms with Crippen molar-refractivity contribution >= 4 is 17.3 Å². The summed E-state index contributed by atoms with van der Waals surface area (Å²) in [6, 6.07) is 4.24. The van der Waals surface area contributed by atoms with Crippen LogP contribution in [-0.2, 0) is 0 Å². The summed E-state index contributed by atoms with van der Waals surface area (Å²) in [7, 11) is 1.42. The third-order valence-electron chi connectivity index (χ3n) is 2.70.